The van der Waals surface area contributed by atoms with Gasteiger partial charge in [0.1, 0.15) is 5.75 Å². The molecule has 0 unspecified atom stereocenters. The Kier molecular flexibility index (Phi) is 2.65. The number of aryl methyl sites for hydroxylation is 2. The Morgan fingerprint density at radius 3 is 2.80 bits per heavy atom. The number of hydrogen-bond acceptors (Lipinski definition) is 3. The van der Waals surface area contributed by atoms with Crippen molar-refractivity contribution in [2.45, 2.75) is 38.1 Å². The zero-order chi connectivity index (χ0) is 10.9. The van der Waals surface area contributed by atoms with E-state index in [1.807, 2.05) is 19.1 Å². The quantitative estimate of drug-likeness (QED) is 0.817. The molecule has 1 aromatic heterocycles. The molecule has 1 aliphatic carbocycles. The van der Waals surface area contributed by atoms with Gasteiger partial charge in [-0.2, -0.15) is 0 Å². The van der Waals surface area contributed by atoms with Gasteiger partial charge in [-0.15, -0.1) is 0 Å². The predicted molar refractivity (Wildman–Crippen MR) is 60.0 cm³/mol. The largest absolute Gasteiger partial charge is 0.495 e. The van der Waals surface area contributed by atoms with Crippen LogP contribution >= 0.6 is 0 Å². The molecule has 3 nitrogen and oxygen atoms in total. The van der Waals surface area contributed by atoms with Gasteiger partial charge in [-0.25, -0.2) is 0 Å². The van der Waals surface area contributed by atoms with Gasteiger partial charge in [0.25, 0.3) is 0 Å². The van der Waals surface area contributed by atoms with Crippen LogP contribution in [0.5, 0.6) is 5.75 Å². The second-order valence-corrected chi connectivity index (χ2v) is 4.46. The third-order valence-electron chi connectivity index (χ3n) is 3.04. The van der Waals surface area contributed by atoms with Crippen molar-refractivity contribution in [3.8, 4) is 5.75 Å². The minimum Gasteiger partial charge on any atom is -0.495 e. The minimum absolute atomic E-state index is 0.0937. The van der Waals surface area contributed by atoms with E-state index in [0.29, 0.717) is 0 Å². The number of ether oxygens (including phenoxy) is 1. The highest BCUT2D eigenvalue weighted by atomic mass is 16.5. The smallest absolute Gasteiger partial charge is 0.140 e. The first-order valence-corrected chi connectivity index (χ1v) is 5.42. The molecule has 0 bridgehead atoms. The van der Waals surface area contributed by atoms with Crippen LogP contribution in [0.3, 0.4) is 0 Å². The van der Waals surface area contributed by atoms with Gasteiger partial charge in [0.2, 0.25) is 0 Å². The van der Waals surface area contributed by atoms with Gasteiger partial charge < -0.3 is 10.5 Å². The van der Waals surface area contributed by atoms with E-state index in [9.17, 15) is 0 Å². The lowest BCUT2D eigenvalue weighted by Crippen LogP contribution is -2.22. The van der Waals surface area contributed by atoms with E-state index in [1.165, 1.54) is 0 Å². The maximum absolute atomic E-state index is 6.06. The summed E-state index contributed by atoms with van der Waals surface area (Å²) in [5, 5.41) is 0. The van der Waals surface area contributed by atoms with Gasteiger partial charge in [0.15, 0.2) is 0 Å². The molecule has 15 heavy (non-hydrogen) atoms. The molecule has 0 amide bonds. The van der Waals surface area contributed by atoms with E-state index in [1.54, 1.807) is 7.11 Å². The van der Waals surface area contributed by atoms with E-state index in [0.717, 1.165) is 42.8 Å². The Balaban J connectivity index is 2.08. The van der Waals surface area contributed by atoms with Gasteiger partial charge in [-0.05, 0) is 44.7 Å². The molecule has 2 rings (SSSR count). The molecule has 0 aliphatic heterocycles. The molecule has 3 heteroatoms. The van der Waals surface area contributed by atoms with Crippen LogP contribution in [-0.2, 0) is 6.42 Å². The van der Waals surface area contributed by atoms with Gasteiger partial charge in [0, 0.05) is 11.2 Å². The highest BCUT2D eigenvalue weighted by molar-refractivity contribution is 5.29. The first-order valence-electron chi connectivity index (χ1n) is 5.42. The lowest BCUT2D eigenvalue weighted by atomic mass is 10.1. The lowest BCUT2D eigenvalue weighted by Gasteiger charge is -2.11. The van der Waals surface area contributed by atoms with Gasteiger partial charge in [-0.1, -0.05) is 0 Å². The van der Waals surface area contributed by atoms with E-state index >= 15 is 0 Å². The Labute approximate surface area is 90.7 Å². The standard InChI is InChI=1S/C12H18N2O/c1-9-3-4-11(15-2)10(14-9)5-6-12(13)7-8-12/h3-4H,5-8,13H2,1-2H3. The summed E-state index contributed by atoms with van der Waals surface area (Å²) in [5.41, 5.74) is 8.22. The molecular formula is C12H18N2O. The third-order valence-corrected chi connectivity index (χ3v) is 3.04. The van der Waals surface area contributed by atoms with Crippen LogP contribution in [0.15, 0.2) is 12.1 Å². The number of pyridine rings is 1. The topological polar surface area (TPSA) is 48.1 Å². The van der Waals surface area contributed by atoms with Crippen LogP contribution < -0.4 is 10.5 Å². The highest BCUT2D eigenvalue weighted by Gasteiger charge is 2.37. The summed E-state index contributed by atoms with van der Waals surface area (Å²) in [4.78, 5) is 4.49. The van der Waals surface area contributed by atoms with Gasteiger partial charge >= 0.3 is 0 Å². The summed E-state index contributed by atoms with van der Waals surface area (Å²) in [7, 11) is 1.69. The number of nitrogens with two attached hydrogens (primary N) is 1. The number of rotatable bonds is 4. The molecular weight excluding hydrogens is 188 g/mol. The van der Waals surface area contributed by atoms with E-state index in [2.05, 4.69) is 4.98 Å². The van der Waals surface area contributed by atoms with Crippen molar-refractivity contribution in [2.24, 2.45) is 5.73 Å². The molecule has 1 fully saturated rings. The summed E-state index contributed by atoms with van der Waals surface area (Å²) < 4.78 is 5.28. The Morgan fingerprint density at radius 1 is 1.47 bits per heavy atom. The maximum Gasteiger partial charge on any atom is 0.140 e. The van der Waals surface area contributed by atoms with Crippen molar-refractivity contribution in [3.05, 3.63) is 23.5 Å². The number of hydrogen-bond donors (Lipinski definition) is 1. The second kappa shape index (κ2) is 3.81. The van der Waals surface area contributed by atoms with Crippen molar-refractivity contribution < 1.29 is 4.74 Å². The van der Waals surface area contributed by atoms with Crippen molar-refractivity contribution >= 4 is 0 Å². The highest BCUT2D eigenvalue weighted by Crippen LogP contribution is 2.37. The molecule has 0 aromatic carbocycles. The number of aromatic nitrogens is 1. The van der Waals surface area contributed by atoms with Crippen LogP contribution in [0.1, 0.15) is 30.7 Å². The van der Waals surface area contributed by atoms with E-state index in [-0.39, 0.29) is 5.54 Å². The van der Waals surface area contributed by atoms with Crippen LogP contribution in [0.4, 0.5) is 0 Å². The lowest BCUT2D eigenvalue weighted by molar-refractivity contribution is 0.404. The zero-order valence-electron chi connectivity index (χ0n) is 9.42. The molecule has 0 spiro atoms. The van der Waals surface area contributed by atoms with Crippen LogP contribution in [0, 0.1) is 6.92 Å². The Bertz CT molecular complexity index is 359. The van der Waals surface area contributed by atoms with Crippen LogP contribution in [0.2, 0.25) is 0 Å². The summed E-state index contributed by atoms with van der Waals surface area (Å²) in [5.74, 6) is 0.879. The Morgan fingerprint density at radius 2 is 2.20 bits per heavy atom. The molecule has 1 aromatic rings. The van der Waals surface area contributed by atoms with Crippen molar-refractivity contribution in [1.82, 2.24) is 4.98 Å². The SMILES string of the molecule is COc1ccc(C)nc1CCC1(N)CC1. The third kappa shape index (κ3) is 2.48. The fraction of sp³-hybridized carbons (Fsp3) is 0.583. The van der Waals surface area contributed by atoms with Crippen molar-refractivity contribution in [3.63, 3.8) is 0 Å². The number of nitrogens with zero attached hydrogens (tertiary/aromatic N) is 1. The summed E-state index contributed by atoms with van der Waals surface area (Å²) in [6, 6.07) is 3.95. The van der Waals surface area contributed by atoms with Gasteiger partial charge in [-0.3, -0.25) is 4.98 Å². The molecule has 1 heterocycles. The first kappa shape index (κ1) is 10.4. The average molecular weight is 206 g/mol. The normalized spacial score (nSPS) is 17.5. The summed E-state index contributed by atoms with van der Waals surface area (Å²) in [6.07, 6.45) is 4.24. The van der Waals surface area contributed by atoms with Crippen LogP contribution in [0.25, 0.3) is 0 Å². The zero-order valence-corrected chi connectivity index (χ0v) is 9.42. The average Bonchev–Trinajstić information content (AvgIpc) is 2.95. The summed E-state index contributed by atoms with van der Waals surface area (Å²) in [6.45, 7) is 2.00. The fourth-order valence-electron chi connectivity index (χ4n) is 1.74. The minimum atomic E-state index is 0.0937. The second-order valence-electron chi connectivity index (χ2n) is 4.46. The molecule has 2 N–H and O–H groups in total. The molecule has 1 saturated carbocycles. The monoisotopic (exact) mass is 206 g/mol. The maximum atomic E-state index is 6.06. The molecule has 0 radical (unpaired) electrons. The predicted octanol–water partition coefficient (Wildman–Crippen LogP) is 1.82. The molecule has 82 valence electrons. The van der Waals surface area contributed by atoms with Crippen molar-refractivity contribution in [1.29, 1.82) is 0 Å². The molecule has 1 aliphatic rings. The van der Waals surface area contributed by atoms with Crippen LogP contribution in [-0.4, -0.2) is 17.6 Å². The number of methoxy groups -OCH3 is 1. The fourth-order valence-corrected chi connectivity index (χ4v) is 1.74. The first-order chi connectivity index (χ1) is 7.13. The van der Waals surface area contributed by atoms with E-state index in [4.69, 9.17) is 10.5 Å². The van der Waals surface area contributed by atoms with Gasteiger partial charge in [0.05, 0.1) is 12.8 Å². The molecule has 0 saturated heterocycles. The van der Waals surface area contributed by atoms with E-state index < -0.39 is 0 Å². The summed E-state index contributed by atoms with van der Waals surface area (Å²) >= 11 is 0. The Hall–Kier alpha value is -1.09. The molecule has 0 atom stereocenters. The van der Waals surface area contributed by atoms with Crippen molar-refractivity contribution in [2.75, 3.05) is 7.11 Å².